The van der Waals surface area contributed by atoms with Gasteiger partial charge in [0.05, 0.1) is 17.3 Å². The maximum Gasteiger partial charge on any atom is 0.350 e. The number of esters is 1. The van der Waals surface area contributed by atoms with Crippen LogP contribution in [0, 0.1) is 20.8 Å². The van der Waals surface area contributed by atoms with Crippen molar-refractivity contribution in [3.05, 3.63) is 99.1 Å². The highest BCUT2D eigenvalue weighted by molar-refractivity contribution is 7.17. The predicted octanol–water partition coefficient (Wildman–Crippen LogP) is 6.33. The second kappa shape index (κ2) is 10.6. The van der Waals surface area contributed by atoms with Gasteiger partial charge in [0.1, 0.15) is 17.2 Å². The van der Waals surface area contributed by atoms with Crippen molar-refractivity contribution in [1.82, 2.24) is 4.98 Å². The van der Waals surface area contributed by atoms with E-state index in [0.29, 0.717) is 16.8 Å². The Balaban J connectivity index is 1.92. The highest BCUT2D eigenvalue weighted by Gasteiger charge is 2.48. The number of Topliss-reactive ketones (excluding diaryl/α,β-unsaturated/α-hetero) is 1. The van der Waals surface area contributed by atoms with Gasteiger partial charge in [0.2, 0.25) is 0 Å². The number of hydrogen-bond donors (Lipinski definition) is 1. The van der Waals surface area contributed by atoms with Crippen molar-refractivity contribution in [1.29, 1.82) is 0 Å². The Labute approximate surface area is 232 Å². The minimum atomic E-state index is -0.943. The van der Waals surface area contributed by atoms with Crippen LogP contribution < -0.4 is 4.90 Å². The van der Waals surface area contributed by atoms with Crippen molar-refractivity contribution in [3.63, 3.8) is 0 Å². The first-order valence-corrected chi connectivity index (χ1v) is 13.4. The van der Waals surface area contributed by atoms with Gasteiger partial charge in [-0.15, -0.1) is 0 Å². The lowest BCUT2D eigenvalue weighted by molar-refractivity contribution is -0.132. The zero-order chi connectivity index (χ0) is 28.6. The number of thiazole rings is 1. The van der Waals surface area contributed by atoms with E-state index in [2.05, 4.69) is 32.3 Å². The fraction of sp³-hybridized carbons (Fsp3) is 0.290. The van der Waals surface area contributed by atoms with Gasteiger partial charge in [-0.05, 0) is 48.9 Å². The second-order valence-electron chi connectivity index (χ2n) is 10.7. The van der Waals surface area contributed by atoms with Crippen LogP contribution in [-0.2, 0) is 19.7 Å². The highest BCUT2D eigenvalue weighted by atomic mass is 32.1. The average Bonchev–Trinajstić information content (AvgIpc) is 3.39. The number of aliphatic hydroxyl groups excluding tert-OH is 1. The van der Waals surface area contributed by atoms with E-state index in [1.807, 2.05) is 50.2 Å². The normalized spacial score (nSPS) is 17.0. The Bertz CT molecular complexity index is 1510. The van der Waals surface area contributed by atoms with E-state index in [1.165, 1.54) is 11.0 Å². The van der Waals surface area contributed by atoms with E-state index in [0.717, 1.165) is 28.0 Å². The van der Waals surface area contributed by atoms with Gasteiger partial charge >= 0.3 is 11.9 Å². The fourth-order valence-electron chi connectivity index (χ4n) is 4.52. The van der Waals surface area contributed by atoms with Crippen LogP contribution >= 0.6 is 11.3 Å². The molecule has 0 bridgehead atoms. The highest BCUT2D eigenvalue weighted by Crippen LogP contribution is 2.44. The van der Waals surface area contributed by atoms with Gasteiger partial charge in [-0.1, -0.05) is 86.7 Å². The van der Waals surface area contributed by atoms with Crippen molar-refractivity contribution in [3.8, 4) is 0 Å². The number of ether oxygens (including phenoxy) is 1. The summed E-state index contributed by atoms with van der Waals surface area (Å²) in [6.45, 7) is 15.2. The third-order valence-corrected chi connectivity index (χ3v) is 7.83. The molecule has 8 heteroatoms. The molecule has 3 aromatic rings. The zero-order valence-electron chi connectivity index (χ0n) is 23.0. The lowest BCUT2D eigenvalue weighted by Crippen LogP contribution is -2.29. The van der Waals surface area contributed by atoms with Gasteiger partial charge in [0.25, 0.3) is 5.78 Å². The first kappa shape index (κ1) is 28.0. The average molecular weight is 545 g/mol. The number of aromatic nitrogens is 1. The number of anilines is 1. The molecule has 1 unspecified atom stereocenters. The first-order chi connectivity index (χ1) is 18.3. The van der Waals surface area contributed by atoms with Gasteiger partial charge in [-0.25, -0.2) is 9.78 Å². The summed E-state index contributed by atoms with van der Waals surface area (Å²) in [6.07, 6.45) is 1.46. The molecule has 39 heavy (non-hydrogen) atoms. The van der Waals surface area contributed by atoms with E-state index in [9.17, 15) is 19.5 Å². The van der Waals surface area contributed by atoms with Crippen molar-refractivity contribution < 1.29 is 24.2 Å². The van der Waals surface area contributed by atoms with Crippen LogP contribution in [0.3, 0.4) is 0 Å². The molecule has 0 aliphatic carbocycles. The summed E-state index contributed by atoms with van der Waals surface area (Å²) in [7, 11) is 0. The molecule has 1 amide bonds. The van der Waals surface area contributed by atoms with Crippen LogP contribution in [0.25, 0.3) is 5.76 Å². The second-order valence-corrected chi connectivity index (χ2v) is 11.6. The van der Waals surface area contributed by atoms with E-state index in [1.54, 1.807) is 13.0 Å². The minimum Gasteiger partial charge on any atom is -0.507 e. The van der Waals surface area contributed by atoms with Crippen molar-refractivity contribution in [2.24, 2.45) is 0 Å². The maximum absolute atomic E-state index is 13.5. The molecule has 1 atom stereocenters. The SMILES string of the molecule is C=CCOC(=O)c1sc(N2C(=O)C(=O)/C(=C(/O)c3cc(C)ccc3C)C2c2ccc(C(C)(C)C)cc2)nc1C. The number of carbonyl (C=O) groups is 3. The predicted molar refractivity (Wildman–Crippen MR) is 153 cm³/mol. The number of aliphatic hydroxyl groups is 1. The van der Waals surface area contributed by atoms with Crippen LogP contribution in [0.2, 0.25) is 0 Å². The number of nitrogens with zero attached hydrogens (tertiary/aromatic N) is 2. The van der Waals surface area contributed by atoms with Gasteiger partial charge < -0.3 is 9.84 Å². The number of aryl methyl sites for hydroxylation is 3. The number of hydrogen-bond acceptors (Lipinski definition) is 7. The molecule has 7 nitrogen and oxygen atoms in total. The number of carbonyl (C=O) groups excluding carboxylic acids is 3. The standard InChI is InChI=1S/C31H32N2O5S/c1-8-15-38-29(37)27-19(4)32-30(39-27)33-24(20-11-13-21(14-12-20)31(5,6)7)23(26(35)28(33)36)25(34)22-16-17(2)9-10-18(22)3/h8-14,16,24,34H,1,15H2,2-7H3/b25-23+. The molecule has 1 saturated heterocycles. The smallest absolute Gasteiger partial charge is 0.350 e. The molecule has 202 valence electrons. The van der Waals surface area contributed by atoms with Crippen molar-refractivity contribution >= 4 is 39.9 Å². The summed E-state index contributed by atoms with van der Waals surface area (Å²) in [5, 5.41) is 11.7. The zero-order valence-corrected chi connectivity index (χ0v) is 23.8. The Morgan fingerprint density at radius 1 is 1.13 bits per heavy atom. The van der Waals surface area contributed by atoms with E-state index < -0.39 is 23.7 Å². The molecular weight excluding hydrogens is 512 g/mol. The maximum atomic E-state index is 13.5. The van der Waals surface area contributed by atoms with Crippen LogP contribution in [-0.4, -0.2) is 34.4 Å². The van der Waals surface area contributed by atoms with E-state index in [4.69, 9.17) is 4.74 Å². The Kier molecular flexibility index (Phi) is 7.61. The molecule has 1 aliphatic heterocycles. The van der Waals surface area contributed by atoms with E-state index >= 15 is 0 Å². The molecule has 1 aromatic heterocycles. The summed E-state index contributed by atoms with van der Waals surface area (Å²) in [5.41, 5.74) is 4.11. The molecule has 4 rings (SSSR count). The number of amides is 1. The summed E-state index contributed by atoms with van der Waals surface area (Å²) in [4.78, 5) is 45.7. The molecule has 2 aromatic carbocycles. The van der Waals surface area contributed by atoms with Crippen molar-refractivity contribution in [2.45, 2.75) is 53.0 Å². The minimum absolute atomic E-state index is 0.0270. The third kappa shape index (κ3) is 5.29. The Morgan fingerprint density at radius 2 is 1.79 bits per heavy atom. The number of rotatable bonds is 6. The molecular formula is C31H32N2O5S. The summed E-state index contributed by atoms with van der Waals surface area (Å²) in [6, 6.07) is 12.3. The largest absolute Gasteiger partial charge is 0.507 e. The molecule has 1 fully saturated rings. The Hall–Kier alpha value is -4.04. The van der Waals surface area contributed by atoms with Crippen LogP contribution in [0.5, 0.6) is 0 Å². The Morgan fingerprint density at radius 3 is 2.41 bits per heavy atom. The van der Waals surface area contributed by atoms with E-state index in [-0.39, 0.29) is 33.4 Å². The third-order valence-electron chi connectivity index (χ3n) is 6.69. The molecule has 0 saturated carbocycles. The van der Waals surface area contributed by atoms with Crippen LogP contribution in [0.4, 0.5) is 5.13 Å². The van der Waals surface area contributed by atoms with Crippen LogP contribution in [0.15, 0.2) is 60.7 Å². The molecule has 0 spiro atoms. The van der Waals surface area contributed by atoms with Gasteiger partial charge in [-0.2, -0.15) is 0 Å². The van der Waals surface area contributed by atoms with Gasteiger partial charge in [0, 0.05) is 5.56 Å². The number of benzene rings is 2. The summed E-state index contributed by atoms with van der Waals surface area (Å²) in [5.74, 6) is -2.48. The first-order valence-electron chi connectivity index (χ1n) is 12.6. The van der Waals surface area contributed by atoms with Crippen LogP contribution in [0.1, 0.15) is 70.0 Å². The van der Waals surface area contributed by atoms with Gasteiger partial charge in [0.15, 0.2) is 5.13 Å². The fourth-order valence-corrected chi connectivity index (χ4v) is 5.51. The molecule has 1 aliphatic rings. The molecule has 2 heterocycles. The molecule has 0 radical (unpaired) electrons. The lowest BCUT2D eigenvalue weighted by atomic mass is 9.85. The quantitative estimate of drug-likeness (QED) is 0.128. The van der Waals surface area contributed by atoms with Crippen molar-refractivity contribution in [2.75, 3.05) is 11.5 Å². The summed E-state index contributed by atoms with van der Waals surface area (Å²) >= 11 is 0.971. The number of ketones is 1. The summed E-state index contributed by atoms with van der Waals surface area (Å²) < 4.78 is 5.17. The molecule has 1 N–H and O–H groups in total. The topological polar surface area (TPSA) is 96.8 Å². The monoisotopic (exact) mass is 544 g/mol. The van der Waals surface area contributed by atoms with Gasteiger partial charge in [-0.3, -0.25) is 14.5 Å². The lowest BCUT2D eigenvalue weighted by Gasteiger charge is -2.25.